The second-order valence-corrected chi connectivity index (χ2v) is 6.33. The normalized spacial score (nSPS) is 16.5. The Labute approximate surface area is 145 Å². The lowest BCUT2D eigenvalue weighted by Crippen LogP contribution is -2.38. The van der Waals surface area contributed by atoms with Crippen molar-refractivity contribution in [2.75, 3.05) is 6.54 Å². The minimum atomic E-state index is 0.0666. The van der Waals surface area contributed by atoms with Crippen molar-refractivity contribution < 1.29 is 4.79 Å². The molecule has 0 saturated heterocycles. The van der Waals surface area contributed by atoms with Crippen molar-refractivity contribution in [3.05, 3.63) is 76.6 Å². The van der Waals surface area contributed by atoms with E-state index in [1.54, 1.807) is 0 Å². The number of hydrogen-bond donors (Lipinski definition) is 1. The molecule has 1 unspecified atom stereocenters. The van der Waals surface area contributed by atoms with Crippen LogP contribution in [0.3, 0.4) is 0 Å². The number of rotatable bonds is 3. The number of carbonyl (C=O) groups excluding carboxylic acids is 1. The monoisotopic (exact) mass is 333 g/mol. The number of tetrazole rings is 1. The van der Waals surface area contributed by atoms with Gasteiger partial charge >= 0.3 is 0 Å². The average molecular weight is 333 g/mol. The van der Waals surface area contributed by atoms with Crippen molar-refractivity contribution in [2.45, 2.75) is 25.8 Å². The van der Waals surface area contributed by atoms with Gasteiger partial charge in [0.25, 0.3) is 5.91 Å². The van der Waals surface area contributed by atoms with Gasteiger partial charge in [-0.1, -0.05) is 41.6 Å². The molecule has 0 saturated carbocycles. The van der Waals surface area contributed by atoms with E-state index in [-0.39, 0.29) is 11.9 Å². The molecule has 2 aromatic carbocycles. The summed E-state index contributed by atoms with van der Waals surface area (Å²) in [6.45, 7) is 2.84. The Kier molecular flexibility index (Phi) is 4.01. The smallest absolute Gasteiger partial charge is 0.254 e. The van der Waals surface area contributed by atoms with Gasteiger partial charge in [-0.05, 0) is 42.2 Å². The SMILES string of the molecule is CC1c2ccccc2CCN1C(=O)c1cccc(Cc2nn[nH]n2)c1. The van der Waals surface area contributed by atoms with Gasteiger partial charge in [-0.25, -0.2) is 0 Å². The van der Waals surface area contributed by atoms with Crippen LogP contribution in [0.15, 0.2) is 48.5 Å². The fourth-order valence-corrected chi connectivity index (χ4v) is 3.47. The van der Waals surface area contributed by atoms with E-state index < -0.39 is 0 Å². The standard InChI is InChI=1S/C19H19N5O/c1-13-17-8-3-2-6-15(17)9-10-24(13)19(25)16-7-4-5-14(11-16)12-18-20-22-23-21-18/h2-8,11,13H,9-10,12H2,1H3,(H,20,21,22,23). The van der Waals surface area contributed by atoms with Gasteiger partial charge in [0.15, 0.2) is 5.82 Å². The molecule has 4 rings (SSSR count). The molecular formula is C19H19N5O. The molecule has 6 heteroatoms. The Bertz CT molecular complexity index is 890. The van der Waals surface area contributed by atoms with Crippen LogP contribution >= 0.6 is 0 Å². The first-order valence-corrected chi connectivity index (χ1v) is 8.42. The maximum Gasteiger partial charge on any atom is 0.254 e. The summed E-state index contributed by atoms with van der Waals surface area (Å²) in [6.07, 6.45) is 1.45. The van der Waals surface area contributed by atoms with Crippen LogP contribution < -0.4 is 0 Å². The molecule has 1 aliphatic heterocycles. The van der Waals surface area contributed by atoms with Crippen LogP contribution in [0.25, 0.3) is 0 Å². The number of aromatic amines is 1. The highest BCUT2D eigenvalue weighted by Crippen LogP contribution is 2.30. The number of carbonyl (C=O) groups is 1. The summed E-state index contributed by atoms with van der Waals surface area (Å²) in [5.41, 5.74) is 4.28. The Morgan fingerprint density at radius 3 is 2.96 bits per heavy atom. The van der Waals surface area contributed by atoms with Crippen molar-refractivity contribution in [3.8, 4) is 0 Å². The summed E-state index contributed by atoms with van der Waals surface area (Å²) in [5.74, 6) is 0.682. The number of amides is 1. The number of nitrogens with zero attached hydrogens (tertiary/aromatic N) is 4. The summed E-state index contributed by atoms with van der Waals surface area (Å²) < 4.78 is 0. The van der Waals surface area contributed by atoms with Gasteiger partial charge < -0.3 is 4.90 Å². The van der Waals surface area contributed by atoms with Crippen LogP contribution in [-0.2, 0) is 12.8 Å². The number of hydrogen-bond acceptors (Lipinski definition) is 4. The zero-order valence-electron chi connectivity index (χ0n) is 14.0. The van der Waals surface area contributed by atoms with Crippen molar-refractivity contribution in [2.24, 2.45) is 0 Å². The van der Waals surface area contributed by atoms with E-state index in [0.717, 1.165) is 18.5 Å². The van der Waals surface area contributed by atoms with E-state index in [4.69, 9.17) is 0 Å². The van der Waals surface area contributed by atoms with E-state index in [9.17, 15) is 4.79 Å². The first-order valence-electron chi connectivity index (χ1n) is 8.42. The summed E-state index contributed by atoms with van der Waals surface area (Å²) >= 11 is 0. The van der Waals surface area contributed by atoms with Crippen molar-refractivity contribution >= 4 is 5.91 Å². The van der Waals surface area contributed by atoms with Crippen LogP contribution in [-0.4, -0.2) is 38.0 Å². The van der Waals surface area contributed by atoms with Gasteiger partial charge in [0.05, 0.1) is 6.04 Å². The lowest BCUT2D eigenvalue weighted by molar-refractivity contribution is 0.0677. The molecule has 1 amide bonds. The molecular weight excluding hydrogens is 314 g/mol. The third kappa shape index (κ3) is 3.03. The number of fused-ring (bicyclic) bond motifs is 1. The predicted molar refractivity (Wildman–Crippen MR) is 93.0 cm³/mol. The van der Waals surface area contributed by atoms with Crippen LogP contribution in [0.4, 0.5) is 0 Å². The molecule has 1 N–H and O–H groups in total. The lowest BCUT2D eigenvalue weighted by Gasteiger charge is -2.35. The Morgan fingerprint density at radius 1 is 1.24 bits per heavy atom. The largest absolute Gasteiger partial charge is 0.332 e. The maximum absolute atomic E-state index is 13.1. The quantitative estimate of drug-likeness (QED) is 0.799. The minimum Gasteiger partial charge on any atom is -0.332 e. The Hall–Kier alpha value is -3.02. The average Bonchev–Trinajstić information content (AvgIpc) is 3.15. The van der Waals surface area contributed by atoms with E-state index in [0.29, 0.717) is 17.8 Å². The highest BCUT2D eigenvalue weighted by atomic mass is 16.2. The summed E-state index contributed by atoms with van der Waals surface area (Å²) in [4.78, 5) is 15.0. The highest BCUT2D eigenvalue weighted by Gasteiger charge is 2.28. The molecule has 0 fully saturated rings. The van der Waals surface area contributed by atoms with Gasteiger partial charge in [0.1, 0.15) is 0 Å². The molecule has 126 valence electrons. The first-order chi connectivity index (χ1) is 12.2. The molecule has 1 aliphatic rings. The molecule has 6 nitrogen and oxygen atoms in total. The van der Waals surface area contributed by atoms with Crippen LogP contribution in [0, 0.1) is 0 Å². The van der Waals surface area contributed by atoms with Crippen LogP contribution in [0.1, 0.15) is 45.8 Å². The Morgan fingerprint density at radius 2 is 2.12 bits per heavy atom. The summed E-state index contributed by atoms with van der Waals surface area (Å²) in [7, 11) is 0. The molecule has 0 spiro atoms. The third-order valence-corrected chi connectivity index (χ3v) is 4.78. The highest BCUT2D eigenvalue weighted by molar-refractivity contribution is 5.94. The number of aromatic nitrogens is 4. The minimum absolute atomic E-state index is 0.0666. The van der Waals surface area contributed by atoms with Gasteiger partial charge in [-0.15, -0.1) is 10.2 Å². The zero-order valence-corrected chi connectivity index (χ0v) is 14.0. The van der Waals surface area contributed by atoms with Crippen molar-refractivity contribution in [3.63, 3.8) is 0 Å². The molecule has 0 radical (unpaired) electrons. The zero-order chi connectivity index (χ0) is 17.2. The number of nitrogens with one attached hydrogen (secondary N) is 1. The Balaban J connectivity index is 1.57. The molecule has 0 aliphatic carbocycles. The topological polar surface area (TPSA) is 74.8 Å². The summed E-state index contributed by atoms with van der Waals surface area (Å²) in [6, 6.07) is 16.1. The van der Waals surface area contributed by atoms with Crippen LogP contribution in [0.5, 0.6) is 0 Å². The van der Waals surface area contributed by atoms with Gasteiger partial charge in [0.2, 0.25) is 0 Å². The molecule has 3 aromatic rings. The van der Waals surface area contributed by atoms with Crippen LogP contribution in [0.2, 0.25) is 0 Å². The third-order valence-electron chi connectivity index (χ3n) is 4.78. The van der Waals surface area contributed by atoms with E-state index >= 15 is 0 Å². The summed E-state index contributed by atoms with van der Waals surface area (Å²) in [5, 5.41) is 14.0. The number of H-pyrrole nitrogens is 1. The maximum atomic E-state index is 13.1. The molecule has 25 heavy (non-hydrogen) atoms. The molecule has 0 bridgehead atoms. The van der Waals surface area contributed by atoms with Gasteiger partial charge in [-0.2, -0.15) is 5.21 Å². The predicted octanol–water partition coefficient (Wildman–Crippen LogP) is 2.55. The molecule has 1 atom stereocenters. The molecule has 1 aromatic heterocycles. The fraction of sp³-hybridized carbons (Fsp3) is 0.263. The second-order valence-electron chi connectivity index (χ2n) is 6.33. The van der Waals surface area contributed by atoms with Crippen molar-refractivity contribution in [1.29, 1.82) is 0 Å². The fourth-order valence-electron chi connectivity index (χ4n) is 3.47. The van der Waals surface area contributed by atoms with Crippen molar-refractivity contribution in [1.82, 2.24) is 25.5 Å². The first kappa shape index (κ1) is 15.5. The van der Waals surface area contributed by atoms with E-state index in [2.05, 4.69) is 45.7 Å². The van der Waals surface area contributed by atoms with E-state index in [1.165, 1.54) is 11.1 Å². The van der Waals surface area contributed by atoms with E-state index in [1.807, 2.05) is 35.2 Å². The second kappa shape index (κ2) is 6.47. The number of benzene rings is 2. The lowest BCUT2D eigenvalue weighted by atomic mass is 9.93. The van der Waals surface area contributed by atoms with Gasteiger partial charge in [-0.3, -0.25) is 4.79 Å². The molecule has 2 heterocycles. The van der Waals surface area contributed by atoms with Gasteiger partial charge in [0, 0.05) is 18.5 Å².